The van der Waals surface area contributed by atoms with Gasteiger partial charge in [-0.05, 0) is 36.6 Å². The summed E-state index contributed by atoms with van der Waals surface area (Å²) in [5, 5.41) is 8.42. The van der Waals surface area contributed by atoms with Crippen molar-refractivity contribution in [2.75, 3.05) is 25.0 Å². The highest BCUT2D eigenvalue weighted by atomic mass is 16.2. The summed E-state index contributed by atoms with van der Waals surface area (Å²) in [6.45, 7) is 2.47. The molecule has 1 aliphatic heterocycles. The molecule has 1 saturated heterocycles. The Kier molecular flexibility index (Phi) is 5.06. The third kappa shape index (κ3) is 3.60. The molecule has 0 aliphatic carbocycles. The third-order valence-corrected chi connectivity index (χ3v) is 5.19. The molecule has 0 atom stereocenters. The molecule has 7 nitrogen and oxygen atoms in total. The van der Waals surface area contributed by atoms with Crippen LogP contribution in [0.1, 0.15) is 18.4 Å². The first-order chi connectivity index (χ1) is 13.6. The van der Waals surface area contributed by atoms with Crippen molar-refractivity contribution in [3.63, 3.8) is 0 Å². The van der Waals surface area contributed by atoms with Crippen LogP contribution in [0.5, 0.6) is 0 Å². The summed E-state index contributed by atoms with van der Waals surface area (Å²) >= 11 is 0. The lowest BCUT2D eigenvalue weighted by molar-refractivity contribution is -0.131. The monoisotopic (exact) mass is 377 g/mol. The lowest BCUT2D eigenvalue weighted by Gasteiger charge is -2.24. The van der Waals surface area contributed by atoms with E-state index in [0.29, 0.717) is 17.4 Å². The summed E-state index contributed by atoms with van der Waals surface area (Å²) in [5.74, 6) is -0.178. The van der Waals surface area contributed by atoms with Gasteiger partial charge in [0, 0.05) is 32.4 Å². The van der Waals surface area contributed by atoms with Gasteiger partial charge in [-0.2, -0.15) is 0 Å². The topological polar surface area (TPSA) is 71.3 Å². The number of anilines is 1. The second-order valence-electron chi connectivity index (χ2n) is 7.14. The number of carbonyl (C=O) groups is 1. The van der Waals surface area contributed by atoms with Crippen molar-refractivity contribution in [1.82, 2.24) is 19.9 Å². The van der Waals surface area contributed by atoms with Crippen LogP contribution in [0.4, 0.5) is 5.69 Å². The van der Waals surface area contributed by atoms with E-state index in [0.717, 1.165) is 23.3 Å². The maximum Gasteiger partial charge on any atom is 0.278 e. The highest BCUT2D eigenvalue weighted by molar-refractivity contribution is 5.78. The minimum Gasteiger partial charge on any atom is -0.371 e. The van der Waals surface area contributed by atoms with Gasteiger partial charge >= 0.3 is 0 Å². The van der Waals surface area contributed by atoms with Crippen molar-refractivity contribution in [2.45, 2.75) is 25.9 Å². The first-order valence-electron chi connectivity index (χ1n) is 9.53. The molecule has 0 unspecified atom stereocenters. The summed E-state index contributed by atoms with van der Waals surface area (Å²) < 4.78 is 1.13. The van der Waals surface area contributed by atoms with E-state index in [2.05, 4.69) is 27.3 Å². The number of hydrogen-bond acceptors (Lipinski definition) is 5. The number of hydrogen-bond donors (Lipinski definition) is 0. The number of fused-ring (bicyclic) bond motifs is 1. The molecule has 0 spiro atoms. The van der Waals surface area contributed by atoms with Crippen LogP contribution in [-0.4, -0.2) is 45.9 Å². The molecule has 7 heteroatoms. The van der Waals surface area contributed by atoms with Crippen molar-refractivity contribution in [2.24, 2.45) is 0 Å². The Morgan fingerprint density at radius 1 is 1.07 bits per heavy atom. The Morgan fingerprint density at radius 2 is 1.79 bits per heavy atom. The van der Waals surface area contributed by atoms with Gasteiger partial charge in [0.2, 0.25) is 5.91 Å². The Balaban J connectivity index is 1.51. The Bertz CT molecular complexity index is 1060. The number of amides is 1. The molecule has 2 aromatic carbocycles. The summed E-state index contributed by atoms with van der Waals surface area (Å²) in [7, 11) is 1.75. The first-order valence-corrected chi connectivity index (χ1v) is 9.53. The third-order valence-electron chi connectivity index (χ3n) is 5.19. The summed E-state index contributed by atoms with van der Waals surface area (Å²) in [5.41, 5.74) is 2.52. The standard InChI is InChI=1S/C21H23N5O2/c1-24(14-16-8-2-5-11-19(16)25-12-6-7-13-25)20(27)15-26-21(28)17-9-3-4-10-18(17)22-23-26/h2-5,8-11H,6-7,12-15H2,1H3. The SMILES string of the molecule is CN(Cc1ccccc1N1CCCC1)C(=O)Cn1nnc2ccccc2c1=O. The quantitative estimate of drug-likeness (QED) is 0.681. The van der Waals surface area contributed by atoms with Crippen LogP contribution in [0.15, 0.2) is 53.3 Å². The molecular formula is C21H23N5O2. The van der Waals surface area contributed by atoms with E-state index in [1.165, 1.54) is 18.5 Å². The summed E-state index contributed by atoms with van der Waals surface area (Å²) in [6, 6.07) is 15.2. The second-order valence-corrected chi connectivity index (χ2v) is 7.14. The number of benzene rings is 2. The van der Waals surface area contributed by atoms with Crippen molar-refractivity contribution in [1.29, 1.82) is 0 Å². The number of nitrogens with zero attached hydrogens (tertiary/aromatic N) is 5. The zero-order valence-electron chi connectivity index (χ0n) is 15.9. The molecule has 144 valence electrons. The van der Waals surface area contributed by atoms with Crippen molar-refractivity contribution in [3.8, 4) is 0 Å². The molecule has 1 amide bonds. The summed E-state index contributed by atoms with van der Waals surface area (Å²) in [6.07, 6.45) is 2.40. The van der Waals surface area contributed by atoms with Crippen molar-refractivity contribution < 1.29 is 4.79 Å². The number of aromatic nitrogens is 3. The molecule has 1 aromatic heterocycles. The van der Waals surface area contributed by atoms with Gasteiger partial charge in [0.25, 0.3) is 5.56 Å². The molecule has 2 heterocycles. The molecule has 3 aromatic rings. The molecule has 1 fully saturated rings. The van der Waals surface area contributed by atoms with Crippen molar-refractivity contribution >= 4 is 22.5 Å². The van der Waals surface area contributed by atoms with Crippen LogP contribution in [0.2, 0.25) is 0 Å². The van der Waals surface area contributed by atoms with Gasteiger partial charge in [-0.25, -0.2) is 4.68 Å². The van der Waals surface area contributed by atoms with Gasteiger partial charge in [0.1, 0.15) is 12.1 Å². The van der Waals surface area contributed by atoms with E-state index in [-0.39, 0.29) is 18.0 Å². The number of rotatable bonds is 5. The number of likely N-dealkylation sites (N-methyl/N-ethyl adjacent to an activating group) is 1. The van der Waals surface area contributed by atoms with Gasteiger partial charge in [-0.15, -0.1) is 5.10 Å². The average molecular weight is 377 g/mol. The van der Waals surface area contributed by atoms with Gasteiger partial charge < -0.3 is 9.80 Å². The predicted octanol–water partition coefficient (Wildman–Crippen LogP) is 2.05. The van der Waals surface area contributed by atoms with E-state index in [9.17, 15) is 9.59 Å². The lowest BCUT2D eigenvalue weighted by atomic mass is 10.1. The van der Waals surface area contributed by atoms with Crippen LogP contribution < -0.4 is 10.5 Å². The largest absolute Gasteiger partial charge is 0.371 e. The maximum absolute atomic E-state index is 12.7. The Hall–Kier alpha value is -3.22. The zero-order valence-corrected chi connectivity index (χ0v) is 15.9. The lowest BCUT2D eigenvalue weighted by Crippen LogP contribution is -2.35. The van der Waals surface area contributed by atoms with Crippen LogP contribution in [0, 0.1) is 0 Å². The smallest absolute Gasteiger partial charge is 0.278 e. The fourth-order valence-electron chi connectivity index (χ4n) is 3.63. The molecule has 4 rings (SSSR count). The van der Waals surface area contributed by atoms with Crippen LogP contribution in [0.3, 0.4) is 0 Å². The van der Waals surface area contributed by atoms with E-state index < -0.39 is 0 Å². The molecule has 0 bridgehead atoms. The highest BCUT2D eigenvalue weighted by Crippen LogP contribution is 2.25. The van der Waals surface area contributed by atoms with Gasteiger partial charge in [0.05, 0.1) is 5.39 Å². The minimum atomic E-state index is -0.301. The van der Waals surface area contributed by atoms with Crippen LogP contribution in [-0.2, 0) is 17.9 Å². The molecule has 1 aliphatic rings. The Morgan fingerprint density at radius 3 is 2.61 bits per heavy atom. The van der Waals surface area contributed by atoms with Gasteiger partial charge in [-0.3, -0.25) is 9.59 Å². The normalized spacial score (nSPS) is 13.8. The van der Waals surface area contributed by atoms with E-state index >= 15 is 0 Å². The maximum atomic E-state index is 12.7. The predicted molar refractivity (Wildman–Crippen MR) is 108 cm³/mol. The van der Waals surface area contributed by atoms with Gasteiger partial charge in [0.15, 0.2) is 0 Å². The Labute approximate surface area is 163 Å². The fraction of sp³-hybridized carbons (Fsp3) is 0.333. The number of carbonyl (C=O) groups excluding carboxylic acids is 1. The van der Waals surface area contributed by atoms with Crippen LogP contribution in [0.25, 0.3) is 10.9 Å². The van der Waals surface area contributed by atoms with E-state index in [1.807, 2.05) is 12.1 Å². The summed E-state index contributed by atoms with van der Waals surface area (Å²) in [4.78, 5) is 29.3. The molecule has 28 heavy (non-hydrogen) atoms. The molecule has 0 N–H and O–H groups in total. The average Bonchev–Trinajstić information content (AvgIpc) is 3.25. The second kappa shape index (κ2) is 7.80. The van der Waals surface area contributed by atoms with Crippen molar-refractivity contribution in [3.05, 3.63) is 64.4 Å². The fourth-order valence-corrected chi connectivity index (χ4v) is 3.63. The van der Waals surface area contributed by atoms with Crippen LogP contribution >= 0.6 is 0 Å². The van der Waals surface area contributed by atoms with Gasteiger partial charge in [-0.1, -0.05) is 35.5 Å². The number of para-hydroxylation sites is 1. The first kappa shape index (κ1) is 18.2. The van der Waals surface area contributed by atoms with E-state index in [1.54, 1.807) is 36.2 Å². The van der Waals surface area contributed by atoms with E-state index in [4.69, 9.17) is 0 Å². The molecule has 0 radical (unpaired) electrons. The minimum absolute atomic E-state index is 0.126. The zero-order chi connectivity index (χ0) is 19.5. The highest BCUT2D eigenvalue weighted by Gasteiger charge is 2.18. The molecular weight excluding hydrogens is 354 g/mol. The molecule has 0 saturated carbocycles.